The van der Waals surface area contributed by atoms with Gasteiger partial charge in [-0.2, -0.15) is 0 Å². The lowest BCUT2D eigenvalue weighted by Crippen LogP contribution is -2.29. The highest BCUT2D eigenvalue weighted by Crippen LogP contribution is 2.58. The molecule has 0 atom stereocenters. The summed E-state index contributed by atoms with van der Waals surface area (Å²) < 4.78 is 0. The first-order chi connectivity index (χ1) is 29.3. The third-order valence-electron chi connectivity index (χ3n) is 12.1. The SMILES string of the molecule is c1ccc(N(c2ccc3c(c2)C(c2ccccc2)(c2ccccc2)c2cc(N(c4ccccc4)c4cccc5ccccc45)ccc2-3)c2cccc3ccccc23)cc1. The molecule has 0 saturated heterocycles. The van der Waals surface area contributed by atoms with Gasteiger partial charge in [0.25, 0.3) is 0 Å². The molecule has 0 aliphatic heterocycles. The first-order valence-corrected chi connectivity index (χ1v) is 20.4. The molecular formula is C57H40N2. The zero-order valence-corrected chi connectivity index (χ0v) is 32.5. The smallest absolute Gasteiger partial charge is 0.0715 e. The maximum Gasteiger partial charge on any atom is 0.0715 e. The van der Waals surface area contributed by atoms with Gasteiger partial charge in [-0.05, 0) is 105 Å². The summed E-state index contributed by atoms with van der Waals surface area (Å²) in [6.45, 7) is 0. The highest BCUT2D eigenvalue weighted by molar-refractivity contribution is 6.01. The van der Waals surface area contributed by atoms with Crippen LogP contribution in [0.5, 0.6) is 0 Å². The summed E-state index contributed by atoms with van der Waals surface area (Å²) in [5, 5.41) is 4.84. The van der Waals surface area contributed by atoms with E-state index in [1.807, 2.05) is 0 Å². The van der Waals surface area contributed by atoms with Crippen molar-refractivity contribution in [1.29, 1.82) is 0 Å². The van der Waals surface area contributed by atoms with Crippen LogP contribution in [0.4, 0.5) is 34.1 Å². The van der Waals surface area contributed by atoms with Gasteiger partial charge in [-0.1, -0.05) is 182 Å². The summed E-state index contributed by atoms with van der Waals surface area (Å²) in [5.74, 6) is 0. The minimum Gasteiger partial charge on any atom is -0.310 e. The van der Waals surface area contributed by atoms with Gasteiger partial charge < -0.3 is 9.80 Å². The molecular weight excluding hydrogens is 713 g/mol. The molecule has 10 aromatic rings. The quantitative estimate of drug-likeness (QED) is 0.152. The molecule has 59 heavy (non-hydrogen) atoms. The Morgan fingerprint density at radius 1 is 0.271 bits per heavy atom. The number of para-hydroxylation sites is 2. The molecule has 0 bridgehead atoms. The average molecular weight is 753 g/mol. The van der Waals surface area contributed by atoms with Crippen molar-refractivity contribution in [3.05, 3.63) is 265 Å². The Hall–Kier alpha value is -7.68. The molecule has 0 saturated carbocycles. The molecule has 0 amide bonds. The highest BCUT2D eigenvalue weighted by atomic mass is 15.1. The molecule has 0 aromatic heterocycles. The van der Waals surface area contributed by atoms with E-state index in [9.17, 15) is 0 Å². The Morgan fingerprint density at radius 3 is 1.05 bits per heavy atom. The maximum atomic E-state index is 2.46. The number of hydrogen-bond acceptors (Lipinski definition) is 2. The second-order valence-corrected chi connectivity index (χ2v) is 15.3. The van der Waals surface area contributed by atoms with E-state index in [-0.39, 0.29) is 0 Å². The van der Waals surface area contributed by atoms with E-state index in [1.54, 1.807) is 0 Å². The minimum atomic E-state index is -0.624. The zero-order valence-electron chi connectivity index (χ0n) is 32.5. The van der Waals surface area contributed by atoms with Gasteiger partial charge in [0, 0.05) is 33.5 Å². The van der Waals surface area contributed by atoms with Crippen LogP contribution in [0.3, 0.4) is 0 Å². The van der Waals surface area contributed by atoms with Crippen LogP contribution in [0.25, 0.3) is 32.7 Å². The molecule has 0 spiro atoms. The lowest BCUT2D eigenvalue weighted by Gasteiger charge is -2.36. The molecule has 1 aliphatic rings. The van der Waals surface area contributed by atoms with Crippen LogP contribution in [0.15, 0.2) is 243 Å². The van der Waals surface area contributed by atoms with Crippen LogP contribution < -0.4 is 9.80 Å². The van der Waals surface area contributed by atoms with Crippen molar-refractivity contribution in [1.82, 2.24) is 0 Å². The van der Waals surface area contributed by atoms with Gasteiger partial charge in [0.2, 0.25) is 0 Å². The van der Waals surface area contributed by atoms with Crippen LogP contribution in [0, 0.1) is 0 Å². The van der Waals surface area contributed by atoms with Crippen molar-refractivity contribution in [3.8, 4) is 11.1 Å². The third kappa shape index (κ3) is 5.64. The van der Waals surface area contributed by atoms with Crippen molar-refractivity contribution in [2.24, 2.45) is 0 Å². The third-order valence-corrected chi connectivity index (χ3v) is 12.1. The molecule has 278 valence electrons. The van der Waals surface area contributed by atoms with Crippen molar-refractivity contribution in [2.45, 2.75) is 5.41 Å². The fourth-order valence-corrected chi connectivity index (χ4v) is 9.56. The average Bonchev–Trinajstić information content (AvgIpc) is 3.60. The molecule has 1 aliphatic carbocycles. The van der Waals surface area contributed by atoms with Gasteiger partial charge in [0.15, 0.2) is 0 Å². The van der Waals surface area contributed by atoms with Crippen LogP contribution in [-0.4, -0.2) is 0 Å². The Kier molecular flexibility index (Phi) is 8.41. The molecule has 0 radical (unpaired) electrons. The molecule has 2 nitrogen and oxygen atoms in total. The number of nitrogens with zero attached hydrogens (tertiary/aromatic N) is 2. The lowest BCUT2D eigenvalue weighted by molar-refractivity contribution is 0.768. The van der Waals surface area contributed by atoms with Crippen LogP contribution in [0.2, 0.25) is 0 Å². The number of hydrogen-bond donors (Lipinski definition) is 0. The molecule has 10 aromatic carbocycles. The van der Waals surface area contributed by atoms with Gasteiger partial charge in [0.1, 0.15) is 0 Å². The van der Waals surface area contributed by atoms with Gasteiger partial charge >= 0.3 is 0 Å². The Morgan fingerprint density at radius 2 is 0.627 bits per heavy atom. The lowest BCUT2D eigenvalue weighted by atomic mass is 9.67. The maximum absolute atomic E-state index is 2.46. The van der Waals surface area contributed by atoms with Crippen LogP contribution in [0.1, 0.15) is 22.3 Å². The summed E-state index contributed by atoms with van der Waals surface area (Å²) >= 11 is 0. The predicted octanol–water partition coefficient (Wildman–Crippen LogP) is 15.3. The van der Waals surface area contributed by atoms with Gasteiger partial charge in [-0.15, -0.1) is 0 Å². The topological polar surface area (TPSA) is 6.48 Å². The Balaban J connectivity index is 1.20. The fraction of sp³-hybridized carbons (Fsp3) is 0.0175. The predicted molar refractivity (Wildman–Crippen MR) is 248 cm³/mol. The van der Waals surface area contributed by atoms with E-state index in [2.05, 4.69) is 252 Å². The minimum absolute atomic E-state index is 0.624. The van der Waals surface area contributed by atoms with Crippen molar-refractivity contribution >= 4 is 55.7 Å². The van der Waals surface area contributed by atoms with E-state index in [0.717, 1.165) is 34.1 Å². The zero-order chi connectivity index (χ0) is 39.2. The normalized spacial score (nSPS) is 12.5. The summed E-state index contributed by atoms with van der Waals surface area (Å²) in [6.07, 6.45) is 0. The van der Waals surface area contributed by atoms with Crippen molar-refractivity contribution < 1.29 is 0 Å². The van der Waals surface area contributed by atoms with Gasteiger partial charge in [-0.3, -0.25) is 0 Å². The van der Waals surface area contributed by atoms with E-state index >= 15 is 0 Å². The number of fused-ring (bicyclic) bond motifs is 5. The van der Waals surface area contributed by atoms with E-state index < -0.39 is 5.41 Å². The van der Waals surface area contributed by atoms with Crippen molar-refractivity contribution in [3.63, 3.8) is 0 Å². The van der Waals surface area contributed by atoms with Crippen LogP contribution in [-0.2, 0) is 5.41 Å². The first kappa shape index (κ1) is 34.6. The highest BCUT2D eigenvalue weighted by Gasteiger charge is 2.47. The fourth-order valence-electron chi connectivity index (χ4n) is 9.56. The summed E-state index contributed by atoms with van der Waals surface area (Å²) in [5.41, 5.74) is 13.6. The second kappa shape index (κ2) is 14.4. The molecule has 0 heterocycles. The van der Waals surface area contributed by atoms with Gasteiger partial charge in [-0.25, -0.2) is 0 Å². The second-order valence-electron chi connectivity index (χ2n) is 15.3. The Labute approximate surface area is 345 Å². The molecule has 0 unspecified atom stereocenters. The van der Waals surface area contributed by atoms with E-state index in [1.165, 1.54) is 54.9 Å². The number of anilines is 6. The summed E-state index contributed by atoms with van der Waals surface area (Å²) in [6, 6.07) is 88.7. The van der Waals surface area contributed by atoms with E-state index in [0.29, 0.717) is 0 Å². The molecule has 0 fully saturated rings. The number of rotatable bonds is 8. The van der Waals surface area contributed by atoms with Gasteiger partial charge in [0.05, 0.1) is 16.8 Å². The molecule has 2 heteroatoms. The summed E-state index contributed by atoms with van der Waals surface area (Å²) in [7, 11) is 0. The number of benzene rings is 10. The van der Waals surface area contributed by atoms with Crippen molar-refractivity contribution in [2.75, 3.05) is 9.80 Å². The molecule has 0 N–H and O–H groups in total. The van der Waals surface area contributed by atoms with E-state index in [4.69, 9.17) is 0 Å². The summed E-state index contributed by atoms with van der Waals surface area (Å²) in [4.78, 5) is 4.85. The standard InChI is InChI=1S/C57H40N2/c1-5-23-43(24-6-1)57(44-25-7-2-8-26-44)53-39-47(58(45-27-9-3-10-28-45)55-33-17-21-41-19-13-15-31-49(41)55)35-37-51(53)52-38-36-48(40-54(52)57)59(46-29-11-4-12-30-46)56-34-18-22-42-20-14-16-32-50(42)56/h1-40H. The largest absolute Gasteiger partial charge is 0.310 e. The molecule has 11 rings (SSSR count). The van der Waals surface area contributed by atoms with Crippen LogP contribution >= 0.6 is 0 Å². The Bertz CT molecular complexity index is 2880. The monoisotopic (exact) mass is 752 g/mol. The first-order valence-electron chi connectivity index (χ1n) is 20.4.